The normalized spacial score (nSPS) is 13.4. The predicted molar refractivity (Wildman–Crippen MR) is 103 cm³/mol. The Labute approximate surface area is 180 Å². The molecule has 0 aromatic heterocycles. The number of aliphatic hydroxyl groups excluding tert-OH is 1. The topological polar surface area (TPSA) is 41.9 Å². The van der Waals surface area contributed by atoms with E-state index in [-0.39, 0.29) is 23.9 Å². The number of rotatable bonds is 10. The van der Waals surface area contributed by atoms with Gasteiger partial charge in [-0.25, -0.2) is 0 Å². The van der Waals surface area contributed by atoms with Crippen LogP contribution in [0.5, 0.6) is 11.5 Å². The molecule has 2 aromatic carbocycles. The highest BCUT2D eigenvalue weighted by atomic mass is 19.4. The predicted octanol–water partition coefficient (Wildman–Crippen LogP) is 5.64. The van der Waals surface area contributed by atoms with E-state index in [0.717, 1.165) is 17.0 Å². The van der Waals surface area contributed by atoms with Crippen molar-refractivity contribution >= 4 is 5.69 Å². The molecule has 0 fully saturated rings. The maximum absolute atomic E-state index is 13.2. The summed E-state index contributed by atoms with van der Waals surface area (Å²) in [5, 5.41) is 9.57. The SMILES string of the molecule is CC(C)Oc1cccc(N(Cc2cccc(OC(F)(F)C(F)F)c2)C[C@@H](O)C(F)(F)F)c1. The second-order valence-electron chi connectivity index (χ2n) is 7.21. The zero-order valence-corrected chi connectivity index (χ0v) is 17.1. The van der Waals surface area contributed by atoms with Crippen molar-refractivity contribution in [1.29, 1.82) is 0 Å². The first-order chi connectivity index (χ1) is 14.8. The van der Waals surface area contributed by atoms with Gasteiger partial charge in [0.25, 0.3) is 0 Å². The minimum Gasteiger partial charge on any atom is -0.491 e. The third-order valence-electron chi connectivity index (χ3n) is 4.11. The average Bonchev–Trinajstić information content (AvgIpc) is 2.66. The van der Waals surface area contributed by atoms with Gasteiger partial charge in [0.1, 0.15) is 11.5 Å². The molecule has 0 amide bonds. The van der Waals surface area contributed by atoms with E-state index in [1.165, 1.54) is 24.3 Å². The van der Waals surface area contributed by atoms with Crippen molar-refractivity contribution in [3.8, 4) is 11.5 Å². The molecule has 2 aromatic rings. The molecule has 0 unspecified atom stereocenters. The summed E-state index contributed by atoms with van der Waals surface area (Å²) in [5.41, 5.74) is 0.452. The number of nitrogens with zero attached hydrogens (tertiary/aromatic N) is 1. The van der Waals surface area contributed by atoms with Gasteiger partial charge in [-0.1, -0.05) is 18.2 Å². The Morgan fingerprint density at radius 1 is 0.938 bits per heavy atom. The highest BCUT2D eigenvalue weighted by Crippen LogP contribution is 2.30. The van der Waals surface area contributed by atoms with Crippen molar-refractivity contribution in [2.45, 2.75) is 51.3 Å². The Morgan fingerprint density at radius 3 is 2.16 bits per heavy atom. The third-order valence-corrected chi connectivity index (χ3v) is 4.11. The van der Waals surface area contributed by atoms with E-state index in [1.807, 2.05) is 0 Å². The molecule has 0 saturated heterocycles. The van der Waals surface area contributed by atoms with Gasteiger partial charge in [-0.15, -0.1) is 0 Å². The molecule has 0 spiro atoms. The second kappa shape index (κ2) is 10.3. The van der Waals surface area contributed by atoms with Crippen molar-refractivity contribution in [2.75, 3.05) is 11.4 Å². The highest BCUT2D eigenvalue weighted by molar-refractivity contribution is 5.51. The summed E-state index contributed by atoms with van der Waals surface area (Å²) in [7, 11) is 0. The summed E-state index contributed by atoms with van der Waals surface area (Å²) in [6.45, 7) is 2.39. The first-order valence-corrected chi connectivity index (χ1v) is 9.48. The monoisotopic (exact) mass is 469 g/mol. The van der Waals surface area contributed by atoms with Gasteiger partial charge in [-0.3, -0.25) is 0 Å². The molecular formula is C21H22F7NO3. The number of ether oxygens (including phenoxy) is 2. The third kappa shape index (κ3) is 7.47. The van der Waals surface area contributed by atoms with Crippen LogP contribution in [0.4, 0.5) is 36.4 Å². The van der Waals surface area contributed by atoms with Crippen molar-refractivity contribution < 1.29 is 45.3 Å². The molecule has 0 bridgehead atoms. The van der Waals surface area contributed by atoms with E-state index < -0.39 is 37.1 Å². The van der Waals surface area contributed by atoms with Gasteiger partial charge in [0.15, 0.2) is 6.10 Å². The van der Waals surface area contributed by atoms with Gasteiger partial charge < -0.3 is 19.5 Å². The van der Waals surface area contributed by atoms with Crippen LogP contribution in [0.25, 0.3) is 0 Å². The lowest BCUT2D eigenvalue weighted by atomic mass is 10.1. The lowest BCUT2D eigenvalue weighted by Crippen LogP contribution is -2.41. The van der Waals surface area contributed by atoms with Crippen LogP contribution in [0.15, 0.2) is 48.5 Å². The van der Waals surface area contributed by atoms with Gasteiger partial charge in [-0.05, 0) is 43.7 Å². The molecule has 11 heteroatoms. The lowest BCUT2D eigenvalue weighted by molar-refractivity contribution is -0.253. The van der Waals surface area contributed by atoms with Crippen molar-refractivity contribution in [3.63, 3.8) is 0 Å². The van der Waals surface area contributed by atoms with Crippen molar-refractivity contribution in [2.24, 2.45) is 0 Å². The van der Waals surface area contributed by atoms with Crippen LogP contribution in [-0.4, -0.2) is 42.6 Å². The van der Waals surface area contributed by atoms with Crippen LogP contribution in [0.3, 0.4) is 0 Å². The number of halogens is 7. The van der Waals surface area contributed by atoms with Gasteiger partial charge in [0.2, 0.25) is 0 Å². The van der Waals surface area contributed by atoms with E-state index in [4.69, 9.17) is 4.74 Å². The van der Waals surface area contributed by atoms with E-state index >= 15 is 0 Å². The minimum atomic E-state index is -4.89. The Hall–Kier alpha value is -2.69. The molecule has 0 aliphatic carbocycles. The minimum absolute atomic E-state index is 0.192. The van der Waals surface area contributed by atoms with Crippen LogP contribution >= 0.6 is 0 Å². The molecule has 1 N–H and O–H groups in total. The van der Waals surface area contributed by atoms with E-state index in [9.17, 15) is 35.8 Å². The summed E-state index contributed by atoms with van der Waals surface area (Å²) in [5.74, 6) is -0.210. The van der Waals surface area contributed by atoms with Crippen LogP contribution in [0.2, 0.25) is 0 Å². The van der Waals surface area contributed by atoms with Crippen LogP contribution in [0.1, 0.15) is 19.4 Å². The molecule has 0 radical (unpaired) electrons. The number of anilines is 1. The number of alkyl halides is 7. The fraction of sp³-hybridized carbons (Fsp3) is 0.429. The molecular weight excluding hydrogens is 447 g/mol. The lowest BCUT2D eigenvalue weighted by Gasteiger charge is -2.29. The molecule has 1 atom stereocenters. The van der Waals surface area contributed by atoms with Crippen LogP contribution in [-0.2, 0) is 6.54 Å². The van der Waals surface area contributed by atoms with Gasteiger partial charge in [0, 0.05) is 18.3 Å². The summed E-state index contributed by atoms with van der Waals surface area (Å²) in [6.07, 6.45) is -16.6. The molecule has 0 aliphatic rings. The zero-order valence-electron chi connectivity index (χ0n) is 17.1. The van der Waals surface area contributed by atoms with Crippen LogP contribution < -0.4 is 14.4 Å². The first-order valence-electron chi connectivity index (χ1n) is 9.48. The summed E-state index contributed by atoms with van der Waals surface area (Å²) >= 11 is 0. The largest absolute Gasteiger partial charge is 0.491 e. The molecule has 2 rings (SSSR count). The number of hydrogen-bond acceptors (Lipinski definition) is 4. The Bertz CT molecular complexity index is 874. The summed E-state index contributed by atoms with van der Waals surface area (Å²) in [6, 6.07) is 10.8. The Balaban J connectivity index is 2.32. The number of benzene rings is 2. The molecule has 32 heavy (non-hydrogen) atoms. The fourth-order valence-electron chi connectivity index (χ4n) is 2.73. The maximum atomic E-state index is 13.2. The highest BCUT2D eigenvalue weighted by Gasteiger charge is 2.44. The summed E-state index contributed by atoms with van der Waals surface area (Å²) in [4.78, 5) is 1.16. The molecule has 0 heterocycles. The van der Waals surface area contributed by atoms with Crippen molar-refractivity contribution in [1.82, 2.24) is 0 Å². The quantitative estimate of drug-likeness (QED) is 0.458. The fourth-order valence-corrected chi connectivity index (χ4v) is 2.73. The maximum Gasteiger partial charge on any atom is 0.461 e. The smallest absolute Gasteiger partial charge is 0.461 e. The molecule has 0 aliphatic heterocycles. The van der Waals surface area contributed by atoms with E-state index in [1.54, 1.807) is 26.0 Å². The van der Waals surface area contributed by atoms with Gasteiger partial charge >= 0.3 is 18.7 Å². The Kier molecular flexibility index (Phi) is 8.22. The molecule has 4 nitrogen and oxygen atoms in total. The number of aliphatic hydroxyl groups is 1. The van der Waals surface area contributed by atoms with Crippen LogP contribution in [0, 0.1) is 0 Å². The van der Waals surface area contributed by atoms with Gasteiger partial charge in [0.05, 0.1) is 12.6 Å². The zero-order chi connectivity index (χ0) is 24.1. The Morgan fingerprint density at radius 2 is 1.56 bits per heavy atom. The first kappa shape index (κ1) is 25.6. The average molecular weight is 469 g/mol. The van der Waals surface area contributed by atoms with Gasteiger partial charge in [-0.2, -0.15) is 30.7 Å². The standard InChI is InChI=1S/C21H22F7NO3/c1-13(2)31-16-7-4-6-15(10-16)29(12-18(30)20(24,25)26)11-14-5-3-8-17(9-14)32-21(27,28)19(22)23/h3-10,13,18-19,30H,11-12H2,1-2H3/t18-/m1/s1. The molecule has 178 valence electrons. The van der Waals surface area contributed by atoms with E-state index in [0.29, 0.717) is 5.75 Å². The van der Waals surface area contributed by atoms with E-state index in [2.05, 4.69) is 4.74 Å². The number of hydrogen-bond donors (Lipinski definition) is 1. The molecule has 0 saturated carbocycles. The second-order valence-corrected chi connectivity index (χ2v) is 7.21. The summed E-state index contributed by atoms with van der Waals surface area (Å²) < 4.78 is 99.6. The van der Waals surface area contributed by atoms with Crippen molar-refractivity contribution in [3.05, 3.63) is 54.1 Å².